The van der Waals surface area contributed by atoms with Gasteiger partial charge in [0.1, 0.15) is 40.0 Å². The molecule has 0 saturated carbocycles. The Bertz CT molecular complexity index is 1470. The van der Waals surface area contributed by atoms with E-state index in [1.807, 2.05) is 36.4 Å². The number of anilines is 1. The molecule has 0 atom stereocenters. The molecule has 2 aromatic heterocycles. The van der Waals surface area contributed by atoms with Crippen LogP contribution >= 0.6 is 23.4 Å². The van der Waals surface area contributed by atoms with Crippen LogP contribution in [0.3, 0.4) is 0 Å². The molecule has 9 heteroatoms. The predicted molar refractivity (Wildman–Crippen MR) is 130 cm³/mol. The van der Waals surface area contributed by atoms with Gasteiger partial charge in [0, 0.05) is 16.1 Å². The van der Waals surface area contributed by atoms with Gasteiger partial charge in [0.2, 0.25) is 0 Å². The van der Waals surface area contributed by atoms with Crippen molar-refractivity contribution in [2.75, 3.05) is 11.5 Å². The molecule has 7 nitrogen and oxygen atoms in total. The van der Waals surface area contributed by atoms with Gasteiger partial charge in [0.05, 0.1) is 16.9 Å². The number of Topliss-reactive ketones (excluding diaryl/α,β-unsaturated/α-hetero) is 1. The molecule has 2 N–H and O–H groups in total. The Hall–Kier alpha value is -4.11. The highest BCUT2D eigenvalue weighted by Crippen LogP contribution is 2.36. The highest BCUT2D eigenvalue weighted by Gasteiger charge is 2.24. The van der Waals surface area contributed by atoms with Gasteiger partial charge >= 0.3 is 0 Å². The molecule has 2 aromatic carbocycles. The zero-order valence-corrected chi connectivity index (χ0v) is 19.4. The topological polar surface area (TPSA) is 130 Å². The predicted octanol–water partition coefficient (Wildman–Crippen LogP) is 5.67. The van der Waals surface area contributed by atoms with E-state index in [0.29, 0.717) is 33.2 Å². The minimum atomic E-state index is -0.232. The summed E-state index contributed by atoms with van der Waals surface area (Å²) in [5.41, 5.74) is 8.86. The minimum absolute atomic E-state index is 0.0208. The fraction of sp³-hybridized carbons (Fsp3) is 0.0800. The number of thioether (sulfide) groups is 1. The van der Waals surface area contributed by atoms with Crippen LogP contribution in [-0.4, -0.2) is 21.7 Å². The third kappa shape index (κ3) is 4.38. The third-order valence-corrected chi connectivity index (χ3v) is 6.30. The number of halogens is 1. The number of rotatable bonds is 6. The van der Waals surface area contributed by atoms with E-state index >= 15 is 0 Å². The van der Waals surface area contributed by atoms with Crippen LogP contribution in [0, 0.1) is 29.6 Å². The van der Waals surface area contributed by atoms with Gasteiger partial charge in [-0.05, 0) is 24.6 Å². The number of carbonyl (C=O) groups is 1. The minimum Gasteiger partial charge on any atom is -0.383 e. The molecule has 2 heterocycles. The average Bonchev–Trinajstić information content (AvgIpc) is 3.24. The number of ketones is 1. The zero-order valence-electron chi connectivity index (χ0n) is 17.9. The van der Waals surface area contributed by atoms with E-state index in [1.165, 1.54) is 0 Å². The summed E-state index contributed by atoms with van der Waals surface area (Å²) >= 11 is 7.06. The van der Waals surface area contributed by atoms with Crippen molar-refractivity contribution in [3.8, 4) is 34.5 Å². The van der Waals surface area contributed by atoms with Crippen molar-refractivity contribution >= 4 is 35.0 Å². The van der Waals surface area contributed by atoms with Crippen LogP contribution in [0.2, 0.25) is 5.02 Å². The second kappa shape index (κ2) is 9.80. The van der Waals surface area contributed by atoms with Crippen LogP contribution in [0.15, 0.2) is 64.1 Å². The number of aromatic nitrogens is 2. The summed E-state index contributed by atoms with van der Waals surface area (Å²) in [4.78, 5) is 17.4. The van der Waals surface area contributed by atoms with Crippen LogP contribution in [0.25, 0.3) is 22.4 Å². The number of pyridine rings is 1. The van der Waals surface area contributed by atoms with Gasteiger partial charge in [-0.3, -0.25) is 4.79 Å². The van der Waals surface area contributed by atoms with Crippen molar-refractivity contribution < 1.29 is 9.32 Å². The lowest BCUT2D eigenvalue weighted by Gasteiger charge is -2.13. The normalized spacial score (nSPS) is 10.5. The Kier molecular flexibility index (Phi) is 6.65. The van der Waals surface area contributed by atoms with Gasteiger partial charge in [-0.15, -0.1) is 0 Å². The molecule has 0 saturated heterocycles. The standard InChI is InChI=1S/C25H16ClN5O2S/c1-14-21(23(31-33-14)16-5-3-2-4-6-16)20(32)13-34-25-19(12-28)22(18(11-27)24(29)30-25)15-7-9-17(26)10-8-15/h2-10H,13H2,1H3,(H2,29,30). The van der Waals surface area contributed by atoms with E-state index in [2.05, 4.69) is 16.2 Å². The molecule has 0 radical (unpaired) electrons. The molecule has 0 aliphatic rings. The lowest BCUT2D eigenvalue weighted by Crippen LogP contribution is -2.07. The third-order valence-electron chi connectivity index (χ3n) is 5.08. The molecule has 0 unspecified atom stereocenters. The Labute approximate surface area is 204 Å². The highest BCUT2D eigenvalue weighted by atomic mass is 35.5. The van der Waals surface area contributed by atoms with Gasteiger partial charge in [-0.2, -0.15) is 10.5 Å². The maximum atomic E-state index is 13.2. The number of benzene rings is 2. The fourth-order valence-corrected chi connectivity index (χ4v) is 4.50. The highest BCUT2D eigenvalue weighted by molar-refractivity contribution is 8.00. The first-order valence-electron chi connectivity index (χ1n) is 10.0. The SMILES string of the molecule is Cc1onc(-c2ccccc2)c1C(=O)CSc1nc(N)c(C#N)c(-c2ccc(Cl)cc2)c1C#N. The second-order valence-corrected chi connectivity index (χ2v) is 8.60. The van der Waals surface area contributed by atoms with Crippen molar-refractivity contribution in [3.05, 3.63) is 82.1 Å². The molecular weight excluding hydrogens is 470 g/mol. The molecule has 34 heavy (non-hydrogen) atoms. The van der Waals surface area contributed by atoms with E-state index in [-0.39, 0.29) is 33.5 Å². The number of hydrogen-bond acceptors (Lipinski definition) is 8. The van der Waals surface area contributed by atoms with Crippen LogP contribution in [0.5, 0.6) is 0 Å². The number of nitriles is 2. The molecule has 4 rings (SSSR count). The van der Waals surface area contributed by atoms with Crippen molar-refractivity contribution in [2.45, 2.75) is 11.9 Å². The summed E-state index contributed by atoms with van der Waals surface area (Å²) in [6.07, 6.45) is 0. The fourth-order valence-electron chi connectivity index (χ4n) is 3.51. The summed E-state index contributed by atoms with van der Waals surface area (Å²) in [6.45, 7) is 1.68. The van der Waals surface area contributed by atoms with Crippen LogP contribution in [-0.2, 0) is 0 Å². The summed E-state index contributed by atoms with van der Waals surface area (Å²) < 4.78 is 5.29. The largest absolute Gasteiger partial charge is 0.383 e. The first-order chi connectivity index (χ1) is 16.4. The van der Waals surface area contributed by atoms with Gasteiger partial charge in [-0.1, -0.05) is 71.0 Å². The lowest BCUT2D eigenvalue weighted by molar-refractivity contribution is 0.102. The summed E-state index contributed by atoms with van der Waals surface area (Å²) in [7, 11) is 0. The number of nitrogens with zero attached hydrogens (tertiary/aromatic N) is 4. The maximum Gasteiger partial charge on any atom is 0.178 e. The van der Waals surface area contributed by atoms with Crippen molar-refractivity contribution in [3.63, 3.8) is 0 Å². The summed E-state index contributed by atoms with van der Waals surface area (Å²) in [5, 5.41) is 24.4. The van der Waals surface area contributed by atoms with Crippen LogP contribution < -0.4 is 5.73 Å². The smallest absolute Gasteiger partial charge is 0.178 e. The molecule has 0 aliphatic heterocycles. The first-order valence-corrected chi connectivity index (χ1v) is 11.4. The van der Waals surface area contributed by atoms with E-state index in [0.717, 1.165) is 17.3 Å². The number of hydrogen-bond donors (Lipinski definition) is 1. The molecular formula is C25H16ClN5O2S. The van der Waals surface area contributed by atoms with Crippen molar-refractivity contribution in [1.82, 2.24) is 10.1 Å². The van der Waals surface area contributed by atoms with Gasteiger partial charge < -0.3 is 10.3 Å². The van der Waals surface area contributed by atoms with Crippen molar-refractivity contribution in [2.24, 2.45) is 0 Å². The quantitative estimate of drug-likeness (QED) is 0.273. The Morgan fingerprint density at radius 1 is 1.06 bits per heavy atom. The monoisotopic (exact) mass is 485 g/mol. The number of nitrogens with two attached hydrogens (primary N) is 1. The van der Waals surface area contributed by atoms with Gasteiger partial charge in [0.25, 0.3) is 0 Å². The average molecular weight is 486 g/mol. The molecule has 0 amide bonds. The van der Waals surface area contributed by atoms with E-state index in [1.54, 1.807) is 31.2 Å². The van der Waals surface area contributed by atoms with Gasteiger partial charge in [0.15, 0.2) is 5.78 Å². The van der Waals surface area contributed by atoms with E-state index in [4.69, 9.17) is 21.9 Å². The van der Waals surface area contributed by atoms with E-state index < -0.39 is 0 Å². The van der Waals surface area contributed by atoms with Crippen molar-refractivity contribution in [1.29, 1.82) is 10.5 Å². The van der Waals surface area contributed by atoms with E-state index in [9.17, 15) is 15.3 Å². The molecule has 0 spiro atoms. The lowest BCUT2D eigenvalue weighted by atomic mass is 9.97. The van der Waals surface area contributed by atoms with Crippen LogP contribution in [0.1, 0.15) is 27.2 Å². The maximum absolute atomic E-state index is 13.2. The Morgan fingerprint density at radius 2 is 1.74 bits per heavy atom. The van der Waals surface area contributed by atoms with Crippen LogP contribution in [0.4, 0.5) is 5.82 Å². The summed E-state index contributed by atoms with van der Waals surface area (Å²) in [5.74, 6) is 0.116. The summed E-state index contributed by atoms with van der Waals surface area (Å²) in [6, 6.07) is 20.1. The number of aryl methyl sites for hydroxylation is 1. The Balaban J connectivity index is 1.71. The zero-order chi connectivity index (χ0) is 24.2. The number of nitrogen functional groups attached to an aromatic ring is 1. The first kappa shape index (κ1) is 23.1. The molecule has 166 valence electrons. The Morgan fingerprint density at radius 3 is 2.38 bits per heavy atom. The molecule has 4 aromatic rings. The molecule has 0 bridgehead atoms. The molecule has 0 aliphatic carbocycles. The molecule has 0 fully saturated rings. The van der Waals surface area contributed by atoms with Gasteiger partial charge in [-0.25, -0.2) is 4.98 Å². The second-order valence-electron chi connectivity index (χ2n) is 7.20. The number of carbonyl (C=O) groups excluding carboxylic acids is 1.